The molecule has 1 amide bonds. The van der Waals surface area contributed by atoms with E-state index in [1.54, 1.807) is 36.4 Å². The van der Waals surface area contributed by atoms with Gasteiger partial charge in [0.2, 0.25) is 0 Å². The molecule has 2 aromatic carbocycles. The summed E-state index contributed by atoms with van der Waals surface area (Å²) in [5, 5.41) is 5.62. The first-order valence-electron chi connectivity index (χ1n) is 8.22. The topological polar surface area (TPSA) is 63.2 Å². The van der Waals surface area contributed by atoms with E-state index in [1.807, 2.05) is 0 Å². The van der Waals surface area contributed by atoms with E-state index in [9.17, 15) is 18.0 Å². The van der Waals surface area contributed by atoms with Gasteiger partial charge in [0.15, 0.2) is 0 Å². The van der Waals surface area contributed by atoms with Crippen LogP contribution in [0.4, 0.5) is 30.4 Å². The number of ether oxygens (including phenoxy) is 1. The Balaban J connectivity index is 1.82. The Kier molecular flexibility index (Phi) is 5.49. The predicted octanol–water partition coefficient (Wildman–Crippen LogP) is 5.10. The first-order valence-corrected chi connectivity index (χ1v) is 8.22. The van der Waals surface area contributed by atoms with Gasteiger partial charge in [-0.05, 0) is 48.5 Å². The quantitative estimate of drug-likeness (QED) is 0.639. The van der Waals surface area contributed by atoms with Gasteiger partial charge in [0, 0.05) is 11.9 Å². The van der Waals surface area contributed by atoms with Crippen LogP contribution >= 0.6 is 0 Å². The summed E-state index contributed by atoms with van der Waals surface area (Å²) in [6.07, 6.45) is -2.93. The number of alkyl halides is 3. The van der Waals surface area contributed by atoms with E-state index in [1.165, 1.54) is 25.4 Å². The van der Waals surface area contributed by atoms with Crippen LogP contribution in [0.3, 0.4) is 0 Å². The zero-order valence-corrected chi connectivity index (χ0v) is 14.7. The van der Waals surface area contributed by atoms with Crippen molar-refractivity contribution in [2.45, 2.75) is 6.18 Å². The Labute approximate surface area is 159 Å². The van der Waals surface area contributed by atoms with Gasteiger partial charge < -0.3 is 15.4 Å². The van der Waals surface area contributed by atoms with Crippen LogP contribution in [0.5, 0.6) is 5.75 Å². The molecule has 5 nitrogen and oxygen atoms in total. The van der Waals surface area contributed by atoms with Crippen LogP contribution in [0.1, 0.15) is 15.9 Å². The van der Waals surface area contributed by atoms with Gasteiger partial charge >= 0.3 is 6.18 Å². The largest absolute Gasteiger partial charge is 0.495 e. The van der Waals surface area contributed by atoms with Gasteiger partial charge in [0.25, 0.3) is 5.91 Å². The molecule has 0 saturated carbocycles. The lowest BCUT2D eigenvalue weighted by molar-refractivity contribution is -0.137. The SMILES string of the molecule is COc1ccccc1NC(=O)c1cccnc1Nc1ccc(C(F)(F)F)cc1. The van der Waals surface area contributed by atoms with Crippen molar-refractivity contribution in [2.24, 2.45) is 0 Å². The first-order chi connectivity index (χ1) is 13.4. The van der Waals surface area contributed by atoms with Gasteiger partial charge in [-0.15, -0.1) is 0 Å². The lowest BCUT2D eigenvalue weighted by atomic mass is 10.2. The highest BCUT2D eigenvalue weighted by Crippen LogP contribution is 2.31. The number of benzene rings is 2. The van der Waals surface area contributed by atoms with Gasteiger partial charge in [-0.2, -0.15) is 13.2 Å². The summed E-state index contributed by atoms with van der Waals surface area (Å²) in [6.45, 7) is 0. The number of anilines is 3. The zero-order valence-electron chi connectivity index (χ0n) is 14.7. The summed E-state index contributed by atoms with van der Waals surface area (Å²) < 4.78 is 43.3. The molecule has 0 aliphatic carbocycles. The Bertz CT molecular complexity index is 973. The van der Waals surface area contributed by atoms with E-state index in [-0.39, 0.29) is 11.4 Å². The van der Waals surface area contributed by atoms with Crippen molar-refractivity contribution < 1.29 is 22.7 Å². The molecule has 0 unspecified atom stereocenters. The van der Waals surface area contributed by atoms with Crippen molar-refractivity contribution in [3.8, 4) is 5.75 Å². The van der Waals surface area contributed by atoms with Crippen LogP contribution in [0.25, 0.3) is 0 Å². The van der Waals surface area contributed by atoms with Crippen molar-refractivity contribution in [2.75, 3.05) is 17.7 Å². The zero-order chi connectivity index (χ0) is 20.1. The van der Waals surface area contributed by atoms with Gasteiger partial charge in [-0.25, -0.2) is 4.98 Å². The monoisotopic (exact) mass is 387 g/mol. The van der Waals surface area contributed by atoms with E-state index in [0.717, 1.165) is 12.1 Å². The normalized spacial score (nSPS) is 11.0. The molecule has 0 spiro atoms. The number of hydrogen-bond donors (Lipinski definition) is 2. The molecule has 0 saturated heterocycles. The summed E-state index contributed by atoms with van der Waals surface area (Å²) in [6, 6.07) is 14.5. The molecule has 2 N–H and O–H groups in total. The maximum atomic E-state index is 12.7. The number of aromatic nitrogens is 1. The minimum Gasteiger partial charge on any atom is -0.495 e. The van der Waals surface area contributed by atoms with Crippen molar-refractivity contribution in [1.82, 2.24) is 4.98 Å². The molecule has 1 heterocycles. The van der Waals surface area contributed by atoms with Crippen LogP contribution in [0.2, 0.25) is 0 Å². The van der Waals surface area contributed by atoms with Gasteiger partial charge in [0.05, 0.1) is 23.9 Å². The molecule has 0 radical (unpaired) electrons. The molecular formula is C20H16F3N3O2. The second kappa shape index (κ2) is 7.99. The van der Waals surface area contributed by atoms with Crippen molar-refractivity contribution >= 4 is 23.1 Å². The summed E-state index contributed by atoms with van der Waals surface area (Å²) in [5.74, 6) is 0.277. The Morgan fingerprint density at radius 1 is 1.00 bits per heavy atom. The second-order valence-corrected chi connectivity index (χ2v) is 5.75. The number of rotatable bonds is 5. The molecular weight excluding hydrogens is 371 g/mol. The van der Waals surface area contributed by atoms with Crippen LogP contribution in [-0.4, -0.2) is 18.0 Å². The smallest absolute Gasteiger partial charge is 0.416 e. The standard InChI is InChI=1S/C20H16F3N3O2/c1-28-17-7-3-2-6-16(17)26-19(27)15-5-4-12-24-18(15)25-14-10-8-13(9-11-14)20(21,22)23/h2-12H,1H3,(H,24,25)(H,26,27). The van der Waals surface area contributed by atoms with E-state index in [4.69, 9.17) is 4.74 Å². The minimum atomic E-state index is -4.41. The van der Waals surface area contributed by atoms with E-state index >= 15 is 0 Å². The van der Waals surface area contributed by atoms with Gasteiger partial charge in [-0.3, -0.25) is 4.79 Å². The molecule has 3 aromatic rings. The summed E-state index contributed by atoms with van der Waals surface area (Å²) in [7, 11) is 1.49. The predicted molar refractivity (Wildman–Crippen MR) is 99.9 cm³/mol. The molecule has 0 bridgehead atoms. The third-order valence-corrected chi connectivity index (χ3v) is 3.88. The van der Waals surface area contributed by atoms with E-state index in [2.05, 4.69) is 15.6 Å². The molecule has 144 valence electrons. The van der Waals surface area contributed by atoms with E-state index < -0.39 is 17.6 Å². The Morgan fingerprint density at radius 3 is 2.39 bits per heavy atom. The number of nitrogens with zero attached hydrogens (tertiary/aromatic N) is 1. The third-order valence-electron chi connectivity index (χ3n) is 3.88. The fourth-order valence-electron chi connectivity index (χ4n) is 2.50. The van der Waals surface area contributed by atoms with Crippen molar-refractivity contribution in [3.05, 3.63) is 78.0 Å². The lowest BCUT2D eigenvalue weighted by Crippen LogP contribution is -2.15. The lowest BCUT2D eigenvalue weighted by Gasteiger charge is -2.13. The summed E-state index contributed by atoms with van der Waals surface area (Å²) >= 11 is 0. The number of hydrogen-bond acceptors (Lipinski definition) is 4. The molecule has 28 heavy (non-hydrogen) atoms. The molecule has 0 aliphatic rings. The first kappa shape index (κ1) is 19.2. The number of methoxy groups -OCH3 is 1. The average Bonchev–Trinajstić information content (AvgIpc) is 2.68. The number of pyridine rings is 1. The molecule has 0 fully saturated rings. The molecule has 3 rings (SSSR count). The average molecular weight is 387 g/mol. The van der Waals surface area contributed by atoms with Gasteiger partial charge in [-0.1, -0.05) is 12.1 Å². The highest BCUT2D eigenvalue weighted by atomic mass is 19.4. The van der Waals surface area contributed by atoms with Crippen LogP contribution < -0.4 is 15.4 Å². The number of para-hydroxylation sites is 2. The minimum absolute atomic E-state index is 0.217. The number of carbonyl (C=O) groups excluding carboxylic acids is 1. The number of halogens is 3. The maximum absolute atomic E-state index is 12.7. The molecule has 0 aliphatic heterocycles. The number of carbonyl (C=O) groups is 1. The van der Waals surface area contributed by atoms with Crippen molar-refractivity contribution in [1.29, 1.82) is 0 Å². The fourth-order valence-corrected chi connectivity index (χ4v) is 2.50. The van der Waals surface area contributed by atoms with Gasteiger partial charge in [0.1, 0.15) is 11.6 Å². The highest BCUT2D eigenvalue weighted by Gasteiger charge is 2.30. The Morgan fingerprint density at radius 2 is 1.71 bits per heavy atom. The van der Waals surface area contributed by atoms with Crippen LogP contribution in [0.15, 0.2) is 66.9 Å². The summed E-state index contributed by atoms with van der Waals surface area (Å²) in [5.41, 5.74) is 0.332. The Hall–Kier alpha value is -3.55. The fraction of sp³-hybridized carbons (Fsp3) is 0.100. The number of nitrogens with one attached hydrogen (secondary N) is 2. The highest BCUT2D eigenvalue weighted by molar-refractivity contribution is 6.08. The van der Waals surface area contributed by atoms with Crippen molar-refractivity contribution in [3.63, 3.8) is 0 Å². The summed E-state index contributed by atoms with van der Waals surface area (Å²) in [4.78, 5) is 16.8. The maximum Gasteiger partial charge on any atom is 0.416 e. The second-order valence-electron chi connectivity index (χ2n) is 5.75. The molecule has 0 atom stereocenters. The van der Waals surface area contributed by atoms with E-state index in [0.29, 0.717) is 17.1 Å². The molecule has 1 aromatic heterocycles. The van der Waals surface area contributed by atoms with Crippen LogP contribution in [0, 0.1) is 0 Å². The third kappa shape index (κ3) is 4.40. The molecule has 8 heteroatoms. The number of amides is 1. The van der Waals surface area contributed by atoms with Crippen LogP contribution in [-0.2, 0) is 6.18 Å².